The summed E-state index contributed by atoms with van der Waals surface area (Å²) in [6, 6.07) is 4.32. The molecule has 0 aromatic heterocycles. The summed E-state index contributed by atoms with van der Waals surface area (Å²) in [7, 11) is 1.90. The Morgan fingerprint density at radius 2 is 1.56 bits per heavy atom. The minimum Gasteiger partial charge on any atom is -0.388 e. The molecule has 88 valence electrons. The average molecular weight is 218 g/mol. The molecule has 0 aliphatic carbocycles. The molecule has 16 heavy (non-hydrogen) atoms. The topological polar surface area (TPSA) is 35.9 Å². The molecular formula is C14H22N2. The molecule has 0 saturated heterocycles. The average Bonchev–Trinajstić information content (AvgIpc) is 2.26. The van der Waals surface area contributed by atoms with Crippen molar-refractivity contribution in [1.82, 2.24) is 0 Å². The molecule has 1 rings (SSSR count). The second kappa shape index (κ2) is 5.15. The van der Waals surface area contributed by atoms with Crippen LogP contribution >= 0.6 is 0 Å². The van der Waals surface area contributed by atoms with Gasteiger partial charge in [0.2, 0.25) is 0 Å². The summed E-state index contributed by atoms with van der Waals surface area (Å²) in [6.45, 7) is 8.83. The van der Waals surface area contributed by atoms with Crippen LogP contribution in [0.1, 0.15) is 56.2 Å². The second-order valence-corrected chi connectivity index (χ2v) is 4.77. The van der Waals surface area contributed by atoms with Gasteiger partial charge in [-0.15, -0.1) is 0 Å². The maximum atomic E-state index is 7.44. The highest BCUT2D eigenvalue weighted by atomic mass is 14.8. The molecule has 0 amide bonds. The zero-order chi connectivity index (χ0) is 12.3. The van der Waals surface area contributed by atoms with Crippen molar-refractivity contribution in [2.45, 2.75) is 39.5 Å². The number of benzene rings is 1. The molecule has 0 saturated carbocycles. The van der Waals surface area contributed by atoms with Crippen molar-refractivity contribution in [3.8, 4) is 0 Å². The minimum atomic E-state index is 0.502. The van der Waals surface area contributed by atoms with Crippen molar-refractivity contribution >= 4 is 11.9 Å². The van der Waals surface area contributed by atoms with Crippen LogP contribution in [0.5, 0.6) is 0 Å². The summed E-state index contributed by atoms with van der Waals surface area (Å²) in [5, 5.41) is 10.6. The molecule has 0 spiro atoms. The number of rotatable bonds is 4. The van der Waals surface area contributed by atoms with Crippen molar-refractivity contribution in [3.05, 3.63) is 28.8 Å². The normalized spacial score (nSPS) is 10.9. The number of hydrogen-bond acceptors (Lipinski definition) is 2. The Labute approximate surface area is 98.6 Å². The van der Waals surface area contributed by atoms with E-state index in [1.807, 2.05) is 7.05 Å². The van der Waals surface area contributed by atoms with E-state index in [4.69, 9.17) is 5.41 Å². The fourth-order valence-electron chi connectivity index (χ4n) is 1.99. The van der Waals surface area contributed by atoms with Gasteiger partial charge in [-0.25, -0.2) is 0 Å². The summed E-state index contributed by atoms with van der Waals surface area (Å²) in [4.78, 5) is 0. The first-order valence-corrected chi connectivity index (χ1v) is 5.87. The van der Waals surface area contributed by atoms with Gasteiger partial charge in [-0.1, -0.05) is 27.7 Å². The molecule has 2 heteroatoms. The summed E-state index contributed by atoms with van der Waals surface area (Å²) in [5.74, 6) is 1.02. The third kappa shape index (κ3) is 2.43. The second-order valence-electron chi connectivity index (χ2n) is 4.77. The van der Waals surface area contributed by atoms with E-state index in [9.17, 15) is 0 Å². The fraction of sp³-hybridized carbons (Fsp3) is 0.500. The van der Waals surface area contributed by atoms with E-state index < -0.39 is 0 Å². The standard InChI is InChI=1S/C14H22N2/c1-9(2)12-6-11(8-15)14(16-5)7-13(12)10(3)4/h6-10,15-16H,1-5H3. The highest BCUT2D eigenvalue weighted by molar-refractivity contribution is 5.86. The van der Waals surface area contributed by atoms with Gasteiger partial charge in [0.15, 0.2) is 0 Å². The van der Waals surface area contributed by atoms with Crippen LogP contribution in [0.2, 0.25) is 0 Å². The van der Waals surface area contributed by atoms with E-state index in [0.29, 0.717) is 11.8 Å². The summed E-state index contributed by atoms with van der Waals surface area (Å²) < 4.78 is 0. The maximum absolute atomic E-state index is 7.44. The van der Waals surface area contributed by atoms with Gasteiger partial charge in [0.25, 0.3) is 0 Å². The molecule has 1 aromatic carbocycles. The first-order valence-electron chi connectivity index (χ1n) is 5.87. The Hall–Kier alpha value is -1.31. The van der Waals surface area contributed by atoms with Crippen LogP contribution in [-0.2, 0) is 0 Å². The van der Waals surface area contributed by atoms with Gasteiger partial charge in [-0.2, -0.15) is 0 Å². The third-order valence-corrected chi connectivity index (χ3v) is 2.92. The summed E-state index contributed by atoms with van der Waals surface area (Å²) in [6.07, 6.45) is 1.42. The van der Waals surface area contributed by atoms with Crippen molar-refractivity contribution in [2.75, 3.05) is 12.4 Å². The highest BCUT2D eigenvalue weighted by Gasteiger charge is 2.13. The molecule has 0 fully saturated rings. The number of anilines is 1. The molecular weight excluding hydrogens is 196 g/mol. The molecule has 0 atom stereocenters. The highest BCUT2D eigenvalue weighted by Crippen LogP contribution is 2.30. The Morgan fingerprint density at radius 3 is 1.94 bits per heavy atom. The lowest BCUT2D eigenvalue weighted by atomic mass is 9.88. The first kappa shape index (κ1) is 12.8. The van der Waals surface area contributed by atoms with E-state index in [1.54, 1.807) is 0 Å². The van der Waals surface area contributed by atoms with Crippen molar-refractivity contribution in [1.29, 1.82) is 5.41 Å². The quantitative estimate of drug-likeness (QED) is 0.737. The number of nitrogens with one attached hydrogen (secondary N) is 2. The van der Waals surface area contributed by atoms with Gasteiger partial charge in [-0.05, 0) is 35.1 Å². The zero-order valence-corrected chi connectivity index (χ0v) is 10.9. The van der Waals surface area contributed by atoms with Gasteiger partial charge >= 0.3 is 0 Å². The smallest absolute Gasteiger partial charge is 0.0429 e. The first-order chi connectivity index (χ1) is 7.51. The van der Waals surface area contributed by atoms with Crippen molar-refractivity contribution in [2.24, 2.45) is 0 Å². The van der Waals surface area contributed by atoms with E-state index in [2.05, 4.69) is 45.1 Å². The Bertz CT molecular complexity index is 379. The molecule has 0 aliphatic heterocycles. The molecule has 1 aromatic rings. The van der Waals surface area contributed by atoms with Gasteiger partial charge in [0.05, 0.1) is 0 Å². The molecule has 0 bridgehead atoms. The van der Waals surface area contributed by atoms with Gasteiger partial charge in [0, 0.05) is 24.5 Å². The molecule has 2 nitrogen and oxygen atoms in total. The van der Waals surface area contributed by atoms with Crippen LogP contribution in [-0.4, -0.2) is 13.3 Å². The van der Waals surface area contributed by atoms with Gasteiger partial charge in [-0.3, -0.25) is 0 Å². The summed E-state index contributed by atoms with van der Waals surface area (Å²) in [5.41, 5.74) is 4.75. The lowest BCUT2D eigenvalue weighted by molar-refractivity contribution is 0.790. The third-order valence-electron chi connectivity index (χ3n) is 2.92. The van der Waals surface area contributed by atoms with Crippen LogP contribution in [0.15, 0.2) is 12.1 Å². The van der Waals surface area contributed by atoms with Gasteiger partial charge in [0.1, 0.15) is 0 Å². The van der Waals surface area contributed by atoms with Gasteiger partial charge < -0.3 is 10.7 Å². The zero-order valence-electron chi connectivity index (χ0n) is 10.9. The lowest BCUT2D eigenvalue weighted by Gasteiger charge is -2.19. The Kier molecular flexibility index (Phi) is 4.11. The molecule has 0 radical (unpaired) electrons. The van der Waals surface area contributed by atoms with Crippen LogP contribution in [0.3, 0.4) is 0 Å². The lowest BCUT2D eigenvalue weighted by Crippen LogP contribution is -2.04. The van der Waals surface area contributed by atoms with Crippen molar-refractivity contribution in [3.63, 3.8) is 0 Å². The van der Waals surface area contributed by atoms with E-state index >= 15 is 0 Å². The fourth-order valence-corrected chi connectivity index (χ4v) is 1.99. The molecule has 0 heterocycles. The van der Waals surface area contributed by atoms with Crippen LogP contribution < -0.4 is 5.32 Å². The predicted octanol–water partition coefficient (Wildman–Crippen LogP) is 3.97. The summed E-state index contributed by atoms with van der Waals surface area (Å²) >= 11 is 0. The van der Waals surface area contributed by atoms with E-state index in [1.165, 1.54) is 17.3 Å². The van der Waals surface area contributed by atoms with E-state index in [-0.39, 0.29) is 0 Å². The SMILES string of the molecule is CNc1cc(C(C)C)c(C(C)C)cc1C=N. The Balaban J connectivity index is 3.41. The van der Waals surface area contributed by atoms with Crippen LogP contribution in [0, 0.1) is 5.41 Å². The van der Waals surface area contributed by atoms with Crippen molar-refractivity contribution < 1.29 is 0 Å². The molecule has 0 aliphatic rings. The number of hydrogen-bond donors (Lipinski definition) is 2. The molecule has 2 N–H and O–H groups in total. The molecule has 0 unspecified atom stereocenters. The Morgan fingerprint density at radius 1 is 1.06 bits per heavy atom. The monoisotopic (exact) mass is 218 g/mol. The van der Waals surface area contributed by atoms with E-state index in [0.717, 1.165) is 11.3 Å². The maximum Gasteiger partial charge on any atom is 0.0429 e. The largest absolute Gasteiger partial charge is 0.388 e. The minimum absolute atomic E-state index is 0.502. The van der Waals surface area contributed by atoms with Crippen LogP contribution in [0.25, 0.3) is 0 Å². The predicted molar refractivity (Wildman–Crippen MR) is 72.1 cm³/mol. The van der Waals surface area contributed by atoms with Crippen LogP contribution in [0.4, 0.5) is 5.69 Å².